The molecule has 26 heavy (non-hydrogen) atoms. The minimum absolute atomic E-state index is 0.000622. The van der Waals surface area contributed by atoms with Crippen molar-refractivity contribution in [2.45, 2.75) is 70.3 Å². The van der Waals surface area contributed by atoms with Crippen LogP contribution in [0.5, 0.6) is 0 Å². The van der Waals surface area contributed by atoms with Crippen LogP contribution < -0.4 is 10.6 Å². The molecule has 1 aliphatic carbocycles. The van der Waals surface area contributed by atoms with E-state index in [1.807, 2.05) is 4.90 Å². The van der Waals surface area contributed by atoms with Crippen molar-refractivity contribution in [3.63, 3.8) is 0 Å². The maximum atomic E-state index is 12.5. The first kappa shape index (κ1) is 19.1. The Bertz CT molecular complexity index is 604. The lowest BCUT2D eigenvalue weighted by Crippen LogP contribution is -2.48. The highest BCUT2D eigenvalue weighted by molar-refractivity contribution is 7.09. The fourth-order valence-electron chi connectivity index (χ4n) is 3.83. The van der Waals surface area contributed by atoms with E-state index in [0.717, 1.165) is 50.9 Å². The number of aromatic nitrogens is 1. The van der Waals surface area contributed by atoms with Crippen molar-refractivity contribution in [3.8, 4) is 0 Å². The first-order valence-electron chi connectivity index (χ1n) is 9.86. The molecule has 2 aliphatic rings. The molecule has 6 nitrogen and oxygen atoms in total. The minimum atomic E-state index is -0.000622. The SMILES string of the molecule is CC(=O)NCCc1csc(C2CCN(C(=O)NC3CCCCC3)CC2)n1. The second-order valence-corrected chi connectivity index (χ2v) is 8.35. The van der Waals surface area contributed by atoms with Crippen LogP contribution in [0.3, 0.4) is 0 Å². The molecule has 0 atom stereocenters. The zero-order chi connectivity index (χ0) is 18.4. The number of hydrogen-bond acceptors (Lipinski definition) is 4. The van der Waals surface area contributed by atoms with Crippen molar-refractivity contribution in [2.75, 3.05) is 19.6 Å². The average Bonchev–Trinajstić information content (AvgIpc) is 3.11. The number of carbonyl (C=O) groups excluding carboxylic acids is 2. The van der Waals surface area contributed by atoms with Gasteiger partial charge in [0.15, 0.2) is 0 Å². The highest BCUT2D eigenvalue weighted by Gasteiger charge is 2.27. The zero-order valence-corrected chi connectivity index (χ0v) is 16.4. The number of likely N-dealkylation sites (tertiary alicyclic amines) is 1. The number of nitrogens with zero attached hydrogens (tertiary/aromatic N) is 2. The number of thiazole rings is 1. The summed E-state index contributed by atoms with van der Waals surface area (Å²) in [4.78, 5) is 30.1. The lowest BCUT2D eigenvalue weighted by Gasteiger charge is -2.33. The number of rotatable bonds is 5. The first-order chi connectivity index (χ1) is 12.6. The third-order valence-electron chi connectivity index (χ3n) is 5.39. The molecule has 0 unspecified atom stereocenters. The van der Waals surface area contributed by atoms with Crippen LogP contribution in [0, 0.1) is 0 Å². The number of hydrogen-bond donors (Lipinski definition) is 2. The Kier molecular flexibility index (Phi) is 6.88. The Hall–Kier alpha value is -1.63. The molecule has 0 aromatic carbocycles. The average molecular weight is 379 g/mol. The molecule has 3 amide bonds. The van der Waals surface area contributed by atoms with Crippen molar-refractivity contribution in [2.24, 2.45) is 0 Å². The topological polar surface area (TPSA) is 74.3 Å². The molecule has 0 bridgehead atoms. The van der Waals surface area contributed by atoms with Gasteiger partial charge in [0.05, 0.1) is 10.7 Å². The van der Waals surface area contributed by atoms with Gasteiger partial charge >= 0.3 is 6.03 Å². The van der Waals surface area contributed by atoms with Gasteiger partial charge < -0.3 is 15.5 Å². The molecular formula is C19H30N4O2S. The van der Waals surface area contributed by atoms with E-state index in [-0.39, 0.29) is 11.9 Å². The second kappa shape index (κ2) is 9.35. The van der Waals surface area contributed by atoms with E-state index in [9.17, 15) is 9.59 Å². The van der Waals surface area contributed by atoms with Crippen LogP contribution in [-0.4, -0.2) is 47.5 Å². The fourth-order valence-corrected chi connectivity index (χ4v) is 4.86. The largest absolute Gasteiger partial charge is 0.356 e. The number of piperidine rings is 1. The third-order valence-corrected chi connectivity index (χ3v) is 6.44. The quantitative estimate of drug-likeness (QED) is 0.827. The van der Waals surface area contributed by atoms with Crippen molar-refractivity contribution in [1.82, 2.24) is 20.5 Å². The number of nitrogens with one attached hydrogen (secondary N) is 2. The van der Waals surface area contributed by atoms with Crippen molar-refractivity contribution in [1.29, 1.82) is 0 Å². The summed E-state index contributed by atoms with van der Waals surface area (Å²) >= 11 is 1.71. The standard InChI is InChI=1S/C19H30N4O2S/c1-14(24)20-10-7-17-13-26-18(21-17)15-8-11-23(12-9-15)19(25)22-16-5-3-2-4-6-16/h13,15-16H,2-12H2,1H3,(H,20,24)(H,22,25). The molecule has 144 valence electrons. The van der Waals surface area contributed by atoms with Gasteiger partial charge in [-0.05, 0) is 25.7 Å². The van der Waals surface area contributed by atoms with E-state index in [1.54, 1.807) is 11.3 Å². The number of carbonyl (C=O) groups is 2. The van der Waals surface area contributed by atoms with Crippen molar-refractivity contribution in [3.05, 3.63) is 16.1 Å². The molecule has 1 aromatic heterocycles. The molecule has 1 aliphatic heterocycles. The van der Waals surface area contributed by atoms with E-state index in [4.69, 9.17) is 4.98 Å². The van der Waals surface area contributed by atoms with Crippen LogP contribution in [0.2, 0.25) is 0 Å². The zero-order valence-electron chi connectivity index (χ0n) is 15.6. The number of amides is 3. The summed E-state index contributed by atoms with van der Waals surface area (Å²) in [6, 6.07) is 0.490. The van der Waals surface area contributed by atoms with Gasteiger partial charge in [-0.25, -0.2) is 9.78 Å². The molecule has 1 saturated heterocycles. The van der Waals surface area contributed by atoms with Crippen molar-refractivity contribution >= 4 is 23.3 Å². The van der Waals surface area contributed by atoms with Gasteiger partial charge in [0.2, 0.25) is 5.91 Å². The summed E-state index contributed by atoms with van der Waals surface area (Å²) in [5.74, 6) is 0.451. The highest BCUT2D eigenvalue weighted by atomic mass is 32.1. The molecule has 2 fully saturated rings. The predicted molar refractivity (Wildman–Crippen MR) is 103 cm³/mol. The molecule has 0 radical (unpaired) electrons. The second-order valence-electron chi connectivity index (χ2n) is 7.46. The Labute approximate surface area is 159 Å². The molecule has 2 heterocycles. The van der Waals surface area contributed by atoms with Gasteiger partial charge in [-0.3, -0.25) is 4.79 Å². The summed E-state index contributed by atoms with van der Waals surface area (Å²) < 4.78 is 0. The predicted octanol–water partition coefficient (Wildman–Crippen LogP) is 3.04. The van der Waals surface area contributed by atoms with Crippen LogP contribution in [0.15, 0.2) is 5.38 Å². The lowest BCUT2D eigenvalue weighted by molar-refractivity contribution is -0.118. The first-order valence-corrected chi connectivity index (χ1v) is 10.7. The van der Waals surface area contributed by atoms with Gasteiger partial charge in [-0.1, -0.05) is 19.3 Å². The van der Waals surface area contributed by atoms with E-state index >= 15 is 0 Å². The Morgan fingerprint density at radius 1 is 1.19 bits per heavy atom. The summed E-state index contributed by atoms with van der Waals surface area (Å²) in [7, 11) is 0. The van der Waals surface area contributed by atoms with E-state index < -0.39 is 0 Å². The number of urea groups is 1. The van der Waals surface area contributed by atoms with Crippen LogP contribution in [-0.2, 0) is 11.2 Å². The van der Waals surface area contributed by atoms with Gasteiger partial charge in [-0.15, -0.1) is 11.3 Å². The van der Waals surface area contributed by atoms with Gasteiger partial charge in [0.25, 0.3) is 0 Å². The van der Waals surface area contributed by atoms with Gasteiger partial charge in [-0.2, -0.15) is 0 Å². The monoisotopic (exact) mass is 378 g/mol. The Morgan fingerprint density at radius 2 is 1.92 bits per heavy atom. The molecule has 0 spiro atoms. The Morgan fingerprint density at radius 3 is 2.62 bits per heavy atom. The van der Waals surface area contributed by atoms with E-state index in [1.165, 1.54) is 31.2 Å². The smallest absolute Gasteiger partial charge is 0.317 e. The Balaban J connectivity index is 1.42. The summed E-state index contributed by atoms with van der Waals surface area (Å²) in [6.07, 6.45) is 8.78. The molecule has 3 rings (SSSR count). The highest BCUT2D eigenvalue weighted by Crippen LogP contribution is 2.30. The van der Waals surface area contributed by atoms with Crippen LogP contribution in [0.25, 0.3) is 0 Å². The van der Waals surface area contributed by atoms with Crippen LogP contribution in [0.1, 0.15) is 68.5 Å². The maximum Gasteiger partial charge on any atom is 0.317 e. The van der Waals surface area contributed by atoms with Gasteiger partial charge in [0.1, 0.15) is 0 Å². The molecule has 1 saturated carbocycles. The molecule has 2 N–H and O–H groups in total. The van der Waals surface area contributed by atoms with Crippen LogP contribution >= 0.6 is 11.3 Å². The minimum Gasteiger partial charge on any atom is -0.356 e. The normalized spacial score (nSPS) is 19.3. The fraction of sp³-hybridized carbons (Fsp3) is 0.737. The van der Waals surface area contributed by atoms with E-state index in [2.05, 4.69) is 16.0 Å². The molecule has 1 aromatic rings. The third kappa shape index (κ3) is 5.43. The summed E-state index contributed by atoms with van der Waals surface area (Å²) in [5, 5.41) is 9.30. The maximum absolute atomic E-state index is 12.5. The molecular weight excluding hydrogens is 348 g/mol. The van der Waals surface area contributed by atoms with E-state index in [0.29, 0.717) is 18.5 Å². The lowest BCUT2D eigenvalue weighted by atomic mass is 9.95. The van der Waals surface area contributed by atoms with Gasteiger partial charge in [0, 0.05) is 50.3 Å². The molecule has 7 heteroatoms. The van der Waals surface area contributed by atoms with Crippen LogP contribution in [0.4, 0.5) is 4.79 Å². The van der Waals surface area contributed by atoms with Crippen molar-refractivity contribution < 1.29 is 9.59 Å². The summed E-state index contributed by atoms with van der Waals surface area (Å²) in [5.41, 5.74) is 1.05. The summed E-state index contributed by atoms with van der Waals surface area (Å²) in [6.45, 7) is 3.79.